The minimum atomic E-state index is -0.217. The van der Waals surface area contributed by atoms with E-state index in [-0.39, 0.29) is 5.54 Å². The highest BCUT2D eigenvalue weighted by Gasteiger charge is 2.19. The van der Waals surface area contributed by atoms with Crippen molar-refractivity contribution < 1.29 is 0 Å². The fraction of sp³-hybridized carbons (Fsp3) is 0.417. The summed E-state index contributed by atoms with van der Waals surface area (Å²) in [5, 5.41) is 3.18. The third-order valence-electron chi connectivity index (χ3n) is 2.24. The average molecular weight is 190 g/mol. The molecular weight excluding hydrogens is 172 g/mol. The Morgan fingerprint density at radius 2 is 2.29 bits per heavy atom. The van der Waals surface area contributed by atoms with Crippen LogP contribution in [-0.2, 0) is 0 Å². The topological polar surface area (TPSA) is 24.4 Å². The average Bonchev–Trinajstić information content (AvgIpc) is 2.28. The standard InChI is InChI=1S/C12H18N2/c1-5-14-12(4)8-11(10(2)3)6-7-13-9-12/h5-10,14H,1H2,2-4H3. The number of allylic oxidation sites excluding steroid dienone is 2. The van der Waals surface area contributed by atoms with Crippen molar-refractivity contribution >= 4 is 6.21 Å². The molecule has 1 unspecified atom stereocenters. The molecule has 0 saturated heterocycles. The van der Waals surface area contributed by atoms with E-state index in [1.165, 1.54) is 5.57 Å². The zero-order chi connectivity index (χ0) is 10.6. The van der Waals surface area contributed by atoms with Crippen LogP contribution in [-0.4, -0.2) is 11.8 Å². The largest absolute Gasteiger partial charge is 0.378 e. The molecule has 0 saturated carbocycles. The fourth-order valence-electron chi connectivity index (χ4n) is 1.42. The summed E-state index contributed by atoms with van der Waals surface area (Å²) in [5.74, 6) is 0.513. The molecule has 0 aromatic rings. The Hall–Kier alpha value is -1.31. The second-order valence-corrected chi connectivity index (χ2v) is 4.02. The third-order valence-corrected chi connectivity index (χ3v) is 2.24. The van der Waals surface area contributed by atoms with E-state index in [4.69, 9.17) is 0 Å². The van der Waals surface area contributed by atoms with Gasteiger partial charge in [-0.1, -0.05) is 26.5 Å². The zero-order valence-electron chi connectivity index (χ0n) is 9.12. The maximum atomic E-state index is 4.21. The first-order chi connectivity index (χ1) is 6.57. The number of nitrogens with one attached hydrogen (secondary N) is 1. The van der Waals surface area contributed by atoms with Crippen molar-refractivity contribution in [3.63, 3.8) is 0 Å². The number of hydrogen-bond donors (Lipinski definition) is 1. The van der Waals surface area contributed by atoms with Gasteiger partial charge in [0.1, 0.15) is 0 Å². The highest BCUT2D eigenvalue weighted by molar-refractivity contribution is 5.75. The Labute approximate surface area is 86.1 Å². The summed E-state index contributed by atoms with van der Waals surface area (Å²) < 4.78 is 0. The Balaban J connectivity index is 2.98. The minimum Gasteiger partial charge on any atom is -0.378 e. The van der Waals surface area contributed by atoms with Crippen molar-refractivity contribution in [2.24, 2.45) is 10.9 Å². The summed E-state index contributed by atoms with van der Waals surface area (Å²) in [7, 11) is 0. The van der Waals surface area contributed by atoms with E-state index in [9.17, 15) is 0 Å². The molecule has 0 amide bonds. The molecule has 76 valence electrons. The summed E-state index contributed by atoms with van der Waals surface area (Å²) in [4.78, 5) is 4.21. The summed E-state index contributed by atoms with van der Waals surface area (Å²) in [6.07, 6.45) is 9.66. The van der Waals surface area contributed by atoms with Gasteiger partial charge in [-0.25, -0.2) is 0 Å². The molecule has 0 radical (unpaired) electrons. The Morgan fingerprint density at radius 3 is 2.86 bits per heavy atom. The maximum Gasteiger partial charge on any atom is 0.0884 e. The molecule has 0 fully saturated rings. The first-order valence-electron chi connectivity index (χ1n) is 4.89. The lowest BCUT2D eigenvalue weighted by Gasteiger charge is -2.22. The Bertz CT molecular complexity index is 297. The lowest BCUT2D eigenvalue weighted by molar-refractivity contribution is 0.655. The van der Waals surface area contributed by atoms with Crippen molar-refractivity contribution in [2.45, 2.75) is 26.3 Å². The summed E-state index contributed by atoms with van der Waals surface area (Å²) in [6, 6.07) is 0. The molecule has 0 bridgehead atoms. The van der Waals surface area contributed by atoms with E-state index < -0.39 is 0 Å². The van der Waals surface area contributed by atoms with Crippen LogP contribution in [0.3, 0.4) is 0 Å². The molecule has 1 aliphatic heterocycles. The highest BCUT2D eigenvalue weighted by atomic mass is 15.0. The lowest BCUT2D eigenvalue weighted by Crippen LogP contribution is -2.38. The van der Waals surface area contributed by atoms with Crippen LogP contribution in [0.15, 0.2) is 41.7 Å². The predicted octanol–water partition coefficient (Wildman–Crippen LogP) is 2.66. The van der Waals surface area contributed by atoms with Crippen LogP contribution < -0.4 is 5.32 Å². The molecule has 0 aromatic heterocycles. The molecule has 1 atom stereocenters. The van der Waals surface area contributed by atoms with Gasteiger partial charge in [0, 0.05) is 12.4 Å². The van der Waals surface area contributed by atoms with Crippen molar-refractivity contribution in [1.82, 2.24) is 5.32 Å². The van der Waals surface area contributed by atoms with Gasteiger partial charge in [0.2, 0.25) is 0 Å². The first kappa shape index (κ1) is 10.8. The number of hydrogen-bond acceptors (Lipinski definition) is 2. The number of rotatable bonds is 3. The van der Waals surface area contributed by atoms with E-state index in [0.717, 1.165) is 0 Å². The molecule has 0 aliphatic carbocycles. The lowest BCUT2D eigenvalue weighted by atomic mass is 9.95. The molecule has 2 nitrogen and oxygen atoms in total. The first-order valence-corrected chi connectivity index (χ1v) is 4.89. The van der Waals surface area contributed by atoms with Crippen molar-refractivity contribution in [3.05, 3.63) is 36.7 Å². The SMILES string of the molecule is C=CNC1(C)C=NC=CC(C(C)C)=C1. The summed E-state index contributed by atoms with van der Waals surface area (Å²) in [5.41, 5.74) is 1.07. The molecule has 1 N–H and O–H groups in total. The van der Waals surface area contributed by atoms with Gasteiger partial charge in [0.15, 0.2) is 0 Å². The van der Waals surface area contributed by atoms with Crippen molar-refractivity contribution in [1.29, 1.82) is 0 Å². The zero-order valence-corrected chi connectivity index (χ0v) is 9.12. The second-order valence-electron chi connectivity index (χ2n) is 4.02. The van der Waals surface area contributed by atoms with E-state index >= 15 is 0 Å². The molecule has 1 aliphatic rings. The van der Waals surface area contributed by atoms with E-state index in [1.54, 1.807) is 6.20 Å². The van der Waals surface area contributed by atoms with Gasteiger partial charge in [0.05, 0.1) is 5.54 Å². The predicted molar refractivity (Wildman–Crippen MR) is 62.3 cm³/mol. The van der Waals surface area contributed by atoms with Crippen LogP contribution in [0.2, 0.25) is 0 Å². The molecule has 0 aromatic carbocycles. The molecule has 0 spiro atoms. The normalized spacial score (nSPS) is 25.9. The smallest absolute Gasteiger partial charge is 0.0884 e. The summed E-state index contributed by atoms with van der Waals surface area (Å²) in [6.45, 7) is 10.1. The van der Waals surface area contributed by atoms with Gasteiger partial charge in [0.25, 0.3) is 0 Å². The van der Waals surface area contributed by atoms with Crippen LogP contribution >= 0.6 is 0 Å². The highest BCUT2D eigenvalue weighted by Crippen LogP contribution is 2.18. The Morgan fingerprint density at radius 1 is 1.57 bits per heavy atom. The molecular formula is C12H18N2. The maximum absolute atomic E-state index is 4.21. The quantitative estimate of drug-likeness (QED) is 0.727. The van der Waals surface area contributed by atoms with Gasteiger partial charge < -0.3 is 5.32 Å². The molecule has 1 rings (SSSR count). The summed E-state index contributed by atoms with van der Waals surface area (Å²) >= 11 is 0. The van der Waals surface area contributed by atoms with Crippen LogP contribution in [0.25, 0.3) is 0 Å². The molecule has 2 heteroatoms. The van der Waals surface area contributed by atoms with E-state index in [1.807, 2.05) is 12.4 Å². The van der Waals surface area contributed by atoms with Gasteiger partial charge >= 0.3 is 0 Å². The Kier molecular flexibility index (Phi) is 3.28. The van der Waals surface area contributed by atoms with E-state index in [0.29, 0.717) is 5.92 Å². The van der Waals surface area contributed by atoms with Gasteiger partial charge in [-0.15, -0.1) is 0 Å². The minimum absolute atomic E-state index is 0.217. The monoisotopic (exact) mass is 190 g/mol. The number of aliphatic imine (C=N–C) groups is 1. The second kappa shape index (κ2) is 4.27. The van der Waals surface area contributed by atoms with E-state index in [2.05, 4.69) is 49.8 Å². The van der Waals surface area contributed by atoms with Crippen molar-refractivity contribution in [2.75, 3.05) is 0 Å². The number of nitrogens with zero attached hydrogens (tertiary/aromatic N) is 1. The molecule has 14 heavy (non-hydrogen) atoms. The van der Waals surface area contributed by atoms with Crippen LogP contribution in [0.5, 0.6) is 0 Å². The van der Waals surface area contributed by atoms with Crippen LogP contribution in [0.1, 0.15) is 20.8 Å². The van der Waals surface area contributed by atoms with Crippen LogP contribution in [0.4, 0.5) is 0 Å². The van der Waals surface area contributed by atoms with Crippen LogP contribution in [0, 0.1) is 5.92 Å². The third kappa shape index (κ3) is 2.59. The fourth-order valence-corrected chi connectivity index (χ4v) is 1.42. The van der Waals surface area contributed by atoms with Gasteiger partial charge in [-0.05, 0) is 30.7 Å². The van der Waals surface area contributed by atoms with Gasteiger partial charge in [-0.3, -0.25) is 4.99 Å². The van der Waals surface area contributed by atoms with Gasteiger partial charge in [-0.2, -0.15) is 0 Å². The van der Waals surface area contributed by atoms with Crippen molar-refractivity contribution in [3.8, 4) is 0 Å². The molecule has 1 heterocycles.